The molecule has 0 radical (unpaired) electrons. The Morgan fingerprint density at radius 1 is 0.512 bits per heavy atom. The molecule has 7 heteroatoms. The average molecular weight is 553 g/mol. The average Bonchev–Trinajstić information content (AvgIpc) is 3.03. The number of aliphatic hydroxyl groups excluding tert-OH is 2. The van der Waals surface area contributed by atoms with Crippen molar-refractivity contribution in [3.05, 3.63) is 131 Å². The highest BCUT2D eigenvalue weighted by Crippen LogP contribution is 2.18. The van der Waals surface area contributed by atoms with Crippen LogP contribution in [0.1, 0.15) is 34.3 Å². The monoisotopic (exact) mass is 552 g/mol. The van der Waals surface area contributed by atoms with Crippen LogP contribution < -0.4 is 9.47 Å². The highest BCUT2D eigenvalue weighted by molar-refractivity contribution is 5.80. The lowest BCUT2D eigenvalue weighted by molar-refractivity contribution is 0.0764. The Morgan fingerprint density at radius 3 is 1.27 bits per heavy atom. The quantitative estimate of drug-likeness (QED) is 0.142. The molecule has 4 rings (SSSR count). The zero-order valence-electron chi connectivity index (χ0n) is 23.0. The molecule has 0 aliphatic heterocycles. The lowest BCUT2D eigenvalue weighted by Gasteiger charge is -2.10. The van der Waals surface area contributed by atoms with E-state index in [9.17, 15) is 10.2 Å². The van der Waals surface area contributed by atoms with Gasteiger partial charge >= 0.3 is 0 Å². The minimum atomic E-state index is -0.280. The van der Waals surface area contributed by atoms with Gasteiger partial charge in [-0.3, -0.25) is 9.98 Å². The normalized spacial score (nSPS) is 12.9. The number of rotatable bonds is 16. The molecule has 7 nitrogen and oxygen atoms in total. The van der Waals surface area contributed by atoms with Crippen molar-refractivity contribution in [1.29, 1.82) is 0 Å². The van der Waals surface area contributed by atoms with Gasteiger partial charge in [0.25, 0.3) is 0 Å². The molecule has 2 atom stereocenters. The predicted molar refractivity (Wildman–Crippen MR) is 162 cm³/mol. The van der Waals surface area contributed by atoms with E-state index in [-0.39, 0.29) is 25.3 Å². The Hall–Kier alpha value is -4.30. The maximum absolute atomic E-state index is 9.65. The van der Waals surface area contributed by atoms with Crippen LogP contribution in [0.3, 0.4) is 0 Å². The second-order valence-electron chi connectivity index (χ2n) is 9.22. The Kier molecular flexibility index (Phi) is 12.1. The van der Waals surface area contributed by atoms with Gasteiger partial charge < -0.3 is 24.4 Å². The van der Waals surface area contributed by atoms with Crippen molar-refractivity contribution in [2.45, 2.75) is 12.1 Å². The second kappa shape index (κ2) is 16.7. The van der Waals surface area contributed by atoms with Gasteiger partial charge in [0.15, 0.2) is 0 Å². The summed E-state index contributed by atoms with van der Waals surface area (Å²) in [4.78, 5) is 9.02. The summed E-state index contributed by atoms with van der Waals surface area (Å²) in [7, 11) is 0. The van der Waals surface area contributed by atoms with E-state index in [0.29, 0.717) is 26.4 Å². The van der Waals surface area contributed by atoms with Crippen LogP contribution in [0.25, 0.3) is 0 Å². The van der Waals surface area contributed by atoms with Crippen LogP contribution in [0.15, 0.2) is 119 Å². The van der Waals surface area contributed by atoms with Gasteiger partial charge in [0.1, 0.15) is 24.7 Å². The number of ether oxygens (including phenoxy) is 3. The first-order valence-corrected chi connectivity index (χ1v) is 13.7. The lowest BCUT2D eigenvalue weighted by Crippen LogP contribution is -2.12. The maximum atomic E-state index is 9.65. The van der Waals surface area contributed by atoms with Gasteiger partial charge in [0.2, 0.25) is 0 Å². The highest BCUT2D eigenvalue weighted by Gasteiger charge is 2.07. The Labute approximate surface area is 241 Å². The first-order chi connectivity index (χ1) is 20.2. The van der Waals surface area contributed by atoms with Crippen molar-refractivity contribution in [2.24, 2.45) is 9.98 Å². The summed E-state index contributed by atoms with van der Waals surface area (Å²) in [5, 5.41) is 19.3. The molecule has 212 valence electrons. The summed E-state index contributed by atoms with van der Waals surface area (Å²) < 4.78 is 17.1. The molecule has 0 saturated heterocycles. The van der Waals surface area contributed by atoms with E-state index >= 15 is 0 Å². The zero-order valence-corrected chi connectivity index (χ0v) is 23.0. The molecule has 0 aliphatic rings. The molecule has 0 saturated carbocycles. The van der Waals surface area contributed by atoms with Crippen molar-refractivity contribution in [3.63, 3.8) is 0 Å². The van der Waals surface area contributed by atoms with Crippen LogP contribution in [0.2, 0.25) is 0 Å². The van der Waals surface area contributed by atoms with Gasteiger partial charge in [-0.15, -0.1) is 0 Å². The van der Waals surface area contributed by atoms with E-state index in [1.807, 2.05) is 109 Å². The third-order valence-corrected chi connectivity index (χ3v) is 6.27. The van der Waals surface area contributed by atoms with Crippen molar-refractivity contribution in [1.82, 2.24) is 0 Å². The molecule has 0 aliphatic carbocycles. The van der Waals surface area contributed by atoms with Gasteiger partial charge in [0.05, 0.1) is 38.5 Å². The van der Waals surface area contributed by atoms with Gasteiger partial charge in [-0.1, -0.05) is 60.7 Å². The number of hydrogen-bond donors (Lipinski definition) is 2. The smallest absolute Gasteiger partial charge is 0.119 e. The van der Waals surface area contributed by atoms with E-state index in [2.05, 4.69) is 9.98 Å². The first kappa shape index (κ1) is 29.7. The van der Waals surface area contributed by atoms with Crippen LogP contribution in [-0.4, -0.2) is 62.3 Å². The van der Waals surface area contributed by atoms with Crippen LogP contribution in [0, 0.1) is 0 Å². The third kappa shape index (κ3) is 9.99. The third-order valence-electron chi connectivity index (χ3n) is 6.27. The summed E-state index contributed by atoms with van der Waals surface area (Å²) in [5.41, 5.74) is 3.82. The molecule has 41 heavy (non-hydrogen) atoms. The summed E-state index contributed by atoms with van der Waals surface area (Å²) in [5.74, 6) is 1.50. The molecule has 0 amide bonds. The molecule has 0 spiro atoms. The second-order valence-corrected chi connectivity index (χ2v) is 9.22. The minimum absolute atomic E-state index is 0.0453. The van der Waals surface area contributed by atoms with Crippen molar-refractivity contribution in [3.8, 4) is 11.5 Å². The summed E-state index contributed by atoms with van der Waals surface area (Å²) in [6, 6.07) is 34.2. The molecule has 4 aromatic carbocycles. The maximum Gasteiger partial charge on any atom is 0.119 e. The largest absolute Gasteiger partial charge is 0.491 e. The van der Waals surface area contributed by atoms with Gasteiger partial charge in [0, 0.05) is 12.4 Å². The van der Waals surface area contributed by atoms with E-state index in [1.54, 1.807) is 12.4 Å². The topological polar surface area (TPSA) is 92.9 Å². The molecule has 4 aromatic rings. The number of aliphatic imine (C=N–C) groups is 2. The Morgan fingerprint density at radius 2 is 0.902 bits per heavy atom. The summed E-state index contributed by atoms with van der Waals surface area (Å²) in [6.45, 7) is 1.67. The molecule has 0 fully saturated rings. The van der Waals surface area contributed by atoms with Gasteiger partial charge in [-0.2, -0.15) is 0 Å². The molecular weight excluding hydrogens is 516 g/mol. The molecule has 0 unspecified atom stereocenters. The van der Waals surface area contributed by atoms with Gasteiger partial charge in [-0.25, -0.2) is 0 Å². The van der Waals surface area contributed by atoms with Gasteiger partial charge in [-0.05, 0) is 70.8 Å². The summed E-state index contributed by atoms with van der Waals surface area (Å²) in [6.07, 6.45) is 3.53. The molecular formula is C34H36N2O5. The zero-order chi connectivity index (χ0) is 28.5. The SMILES string of the molecule is OC[C@H](N=Cc1ccc(OCCOCCOc2ccc(C=N[C@@H](CO)c3ccccc3)cc2)cc1)c1ccccc1. The van der Waals surface area contributed by atoms with E-state index in [4.69, 9.17) is 14.2 Å². The Bertz CT molecular complexity index is 1220. The predicted octanol–water partition coefficient (Wildman–Crippen LogP) is 5.47. The van der Waals surface area contributed by atoms with Crippen molar-refractivity contribution < 1.29 is 24.4 Å². The van der Waals surface area contributed by atoms with Crippen LogP contribution in [0.4, 0.5) is 0 Å². The number of hydrogen-bond acceptors (Lipinski definition) is 7. The Balaban J connectivity index is 1.10. The van der Waals surface area contributed by atoms with E-state index < -0.39 is 0 Å². The van der Waals surface area contributed by atoms with Crippen molar-refractivity contribution in [2.75, 3.05) is 39.6 Å². The summed E-state index contributed by atoms with van der Waals surface area (Å²) >= 11 is 0. The molecule has 0 bridgehead atoms. The molecule has 0 heterocycles. The van der Waals surface area contributed by atoms with Crippen molar-refractivity contribution >= 4 is 12.4 Å². The fourth-order valence-electron chi connectivity index (χ4n) is 4.02. The molecule has 0 aromatic heterocycles. The fraction of sp³-hybridized carbons (Fsp3) is 0.235. The van der Waals surface area contributed by atoms with Crippen LogP contribution >= 0.6 is 0 Å². The fourth-order valence-corrected chi connectivity index (χ4v) is 4.02. The highest BCUT2D eigenvalue weighted by atomic mass is 16.5. The molecule has 2 N–H and O–H groups in total. The number of nitrogens with zero attached hydrogens (tertiary/aromatic N) is 2. The number of benzene rings is 4. The first-order valence-electron chi connectivity index (χ1n) is 13.7. The standard InChI is InChI=1S/C34H36N2O5/c37-25-33(29-7-3-1-4-8-29)35-23-27-11-15-31(16-12-27)40-21-19-39-20-22-41-32-17-13-28(14-18-32)24-36-34(26-38)30-9-5-2-6-10-30/h1-18,23-24,33-34,37-38H,19-22,25-26H2/t33-,34-/m0/s1. The van der Waals surface area contributed by atoms with Crippen LogP contribution in [-0.2, 0) is 4.74 Å². The lowest BCUT2D eigenvalue weighted by atomic mass is 10.1. The van der Waals surface area contributed by atoms with E-state index in [0.717, 1.165) is 33.8 Å². The number of aliphatic hydroxyl groups is 2. The minimum Gasteiger partial charge on any atom is -0.491 e. The van der Waals surface area contributed by atoms with E-state index in [1.165, 1.54) is 0 Å². The van der Waals surface area contributed by atoms with Crippen LogP contribution in [0.5, 0.6) is 11.5 Å².